The minimum Gasteiger partial charge on any atom is -0.427 e. The molecule has 0 radical (unpaired) electrons. The van der Waals surface area contributed by atoms with E-state index in [0.717, 1.165) is 17.8 Å². The Balaban J connectivity index is 1.73. The number of carbonyl (C=O) groups excluding carboxylic acids is 1. The normalized spacial score (nSPS) is 24.5. The number of nitro groups is 1. The van der Waals surface area contributed by atoms with Crippen molar-refractivity contribution in [2.45, 2.75) is 20.3 Å². The quantitative estimate of drug-likeness (QED) is 0.278. The maximum Gasteiger partial charge on any atom is 0.343 e. The smallest absolute Gasteiger partial charge is 0.343 e. The summed E-state index contributed by atoms with van der Waals surface area (Å²) in [6.07, 6.45) is 5.41. The Hall–Kier alpha value is -2.43. The standard InChI is InChI=1S/C17H17NO4/c1-10(2)16(15-13-4-3-5-14(13)15)22-17(19)11-6-8-12(9-7-11)18(20)21/h3-4,6-9,13-15H,5H2,1-2H3/t13-,14+,15-/m1/s1. The van der Waals surface area contributed by atoms with Crippen molar-refractivity contribution < 1.29 is 14.5 Å². The van der Waals surface area contributed by atoms with Gasteiger partial charge < -0.3 is 4.74 Å². The summed E-state index contributed by atoms with van der Waals surface area (Å²) < 4.78 is 5.60. The van der Waals surface area contributed by atoms with Gasteiger partial charge in [-0.1, -0.05) is 12.2 Å². The van der Waals surface area contributed by atoms with Gasteiger partial charge in [0.15, 0.2) is 0 Å². The lowest BCUT2D eigenvalue weighted by molar-refractivity contribution is -0.384. The minimum absolute atomic E-state index is 0.0409. The monoisotopic (exact) mass is 299 g/mol. The topological polar surface area (TPSA) is 69.4 Å². The van der Waals surface area contributed by atoms with Crippen molar-refractivity contribution in [3.8, 4) is 0 Å². The highest BCUT2D eigenvalue weighted by atomic mass is 16.6. The van der Waals surface area contributed by atoms with Crippen LogP contribution in [0, 0.1) is 27.9 Å². The van der Waals surface area contributed by atoms with Crippen molar-refractivity contribution in [3.63, 3.8) is 0 Å². The summed E-state index contributed by atoms with van der Waals surface area (Å²) in [5, 5.41) is 10.6. The van der Waals surface area contributed by atoms with Gasteiger partial charge in [-0.2, -0.15) is 0 Å². The number of ether oxygens (including phenoxy) is 1. The van der Waals surface area contributed by atoms with Crippen LogP contribution in [0.15, 0.2) is 47.7 Å². The molecule has 1 aromatic rings. The summed E-state index contributed by atoms with van der Waals surface area (Å²) in [4.78, 5) is 22.4. The summed E-state index contributed by atoms with van der Waals surface area (Å²) in [7, 11) is 0. The van der Waals surface area contributed by atoms with Crippen LogP contribution in [0.25, 0.3) is 0 Å². The van der Waals surface area contributed by atoms with Gasteiger partial charge in [-0.3, -0.25) is 10.1 Å². The molecule has 1 fully saturated rings. The first-order valence-electron chi connectivity index (χ1n) is 7.29. The third-order valence-electron chi connectivity index (χ3n) is 4.31. The molecule has 0 aromatic heterocycles. The Morgan fingerprint density at radius 1 is 1.27 bits per heavy atom. The zero-order valence-electron chi connectivity index (χ0n) is 12.5. The van der Waals surface area contributed by atoms with Crippen molar-refractivity contribution in [1.29, 1.82) is 0 Å². The molecular formula is C17H17NO4. The average molecular weight is 299 g/mol. The Labute approximate surface area is 128 Å². The van der Waals surface area contributed by atoms with Crippen LogP contribution in [0.5, 0.6) is 0 Å². The number of non-ortho nitro benzene ring substituents is 1. The van der Waals surface area contributed by atoms with Crippen molar-refractivity contribution in [3.05, 3.63) is 63.4 Å². The third kappa shape index (κ3) is 2.54. The molecule has 114 valence electrons. The maximum atomic E-state index is 12.2. The average Bonchev–Trinajstić information content (AvgIpc) is 2.94. The molecule has 3 atom stereocenters. The second kappa shape index (κ2) is 5.40. The Morgan fingerprint density at radius 2 is 1.95 bits per heavy atom. The van der Waals surface area contributed by atoms with Crippen molar-refractivity contribution in [1.82, 2.24) is 0 Å². The van der Waals surface area contributed by atoms with Crippen molar-refractivity contribution in [2.75, 3.05) is 0 Å². The van der Waals surface area contributed by atoms with Gasteiger partial charge in [-0.15, -0.1) is 0 Å². The maximum absolute atomic E-state index is 12.2. The van der Waals surface area contributed by atoms with Gasteiger partial charge in [-0.05, 0) is 49.8 Å². The van der Waals surface area contributed by atoms with Crippen LogP contribution in [-0.4, -0.2) is 10.9 Å². The van der Waals surface area contributed by atoms with Crippen molar-refractivity contribution in [2.24, 2.45) is 17.8 Å². The fraction of sp³-hybridized carbons (Fsp3) is 0.353. The number of benzene rings is 1. The molecule has 0 heterocycles. The fourth-order valence-electron chi connectivity index (χ4n) is 3.11. The predicted octanol–water partition coefficient (Wildman–Crippen LogP) is 3.87. The molecule has 0 unspecified atom stereocenters. The third-order valence-corrected chi connectivity index (χ3v) is 4.31. The van der Waals surface area contributed by atoms with Crippen LogP contribution >= 0.6 is 0 Å². The molecule has 0 N–H and O–H groups in total. The van der Waals surface area contributed by atoms with E-state index in [9.17, 15) is 14.9 Å². The predicted molar refractivity (Wildman–Crippen MR) is 81.1 cm³/mol. The zero-order chi connectivity index (χ0) is 15.9. The molecule has 22 heavy (non-hydrogen) atoms. The number of hydrogen-bond donors (Lipinski definition) is 0. The van der Waals surface area contributed by atoms with Gasteiger partial charge >= 0.3 is 5.97 Å². The molecule has 2 aliphatic carbocycles. The lowest BCUT2D eigenvalue weighted by Gasteiger charge is -2.12. The van der Waals surface area contributed by atoms with E-state index >= 15 is 0 Å². The van der Waals surface area contributed by atoms with Crippen LogP contribution in [0.2, 0.25) is 0 Å². The van der Waals surface area contributed by atoms with E-state index < -0.39 is 10.9 Å². The second-order valence-electron chi connectivity index (χ2n) is 5.99. The molecule has 0 saturated heterocycles. The molecule has 0 aliphatic heterocycles. The van der Waals surface area contributed by atoms with E-state index in [1.165, 1.54) is 24.3 Å². The summed E-state index contributed by atoms with van der Waals surface area (Å²) in [5.41, 5.74) is 1.29. The van der Waals surface area contributed by atoms with Gasteiger partial charge in [0.05, 0.1) is 10.5 Å². The van der Waals surface area contributed by atoms with E-state index in [-0.39, 0.29) is 5.69 Å². The number of allylic oxidation sites excluding steroid dienone is 4. The van der Waals surface area contributed by atoms with E-state index in [2.05, 4.69) is 12.2 Å². The zero-order valence-corrected chi connectivity index (χ0v) is 12.5. The number of rotatable bonds is 4. The number of fused-ring (bicyclic) bond motifs is 1. The highest BCUT2D eigenvalue weighted by molar-refractivity contribution is 5.90. The lowest BCUT2D eigenvalue weighted by Crippen LogP contribution is -2.09. The van der Waals surface area contributed by atoms with Crippen LogP contribution in [0.4, 0.5) is 5.69 Å². The van der Waals surface area contributed by atoms with Gasteiger partial charge in [-0.25, -0.2) is 4.79 Å². The minimum atomic E-state index is -0.492. The van der Waals surface area contributed by atoms with Crippen LogP contribution < -0.4 is 0 Å². The number of esters is 1. The van der Waals surface area contributed by atoms with Crippen LogP contribution in [0.1, 0.15) is 30.6 Å². The highest BCUT2D eigenvalue weighted by Gasteiger charge is 2.53. The number of hydrogen-bond acceptors (Lipinski definition) is 4. The number of carbonyl (C=O) groups is 1. The van der Waals surface area contributed by atoms with Gasteiger partial charge in [0.1, 0.15) is 5.76 Å². The lowest BCUT2D eigenvalue weighted by atomic mass is 10.1. The first-order chi connectivity index (χ1) is 10.5. The Bertz CT molecular complexity index is 683. The summed E-state index contributed by atoms with van der Waals surface area (Å²) in [6, 6.07) is 5.48. The van der Waals surface area contributed by atoms with Gasteiger partial charge in [0.2, 0.25) is 0 Å². The van der Waals surface area contributed by atoms with E-state index in [1.807, 2.05) is 13.8 Å². The molecule has 0 bridgehead atoms. The summed E-state index contributed by atoms with van der Waals surface area (Å²) in [5.74, 6) is 1.66. The summed E-state index contributed by atoms with van der Waals surface area (Å²) in [6.45, 7) is 3.88. The number of nitro benzene ring substituents is 1. The number of nitrogens with zero attached hydrogens (tertiary/aromatic N) is 1. The molecular weight excluding hydrogens is 282 g/mol. The van der Waals surface area contributed by atoms with Crippen molar-refractivity contribution >= 4 is 11.7 Å². The fourth-order valence-corrected chi connectivity index (χ4v) is 3.11. The van der Waals surface area contributed by atoms with Gasteiger partial charge in [0, 0.05) is 18.1 Å². The molecule has 5 nitrogen and oxygen atoms in total. The largest absolute Gasteiger partial charge is 0.427 e. The SMILES string of the molecule is CC(C)=C(OC(=O)c1ccc([N+](=O)[O-])cc1)[C@@H]1[C@@H]2C=CC[C@@H]21. The highest BCUT2D eigenvalue weighted by Crippen LogP contribution is 2.58. The van der Waals surface area contributed by atoms with E-state index in [4.69, 9.17) is 4.74 Å². The molecule has 1 aromatic carbocycles. The molecule has 1 saturated carbocycles. The summed E-state index contributed by atoms with van der Waals surface area (Å²) >= 11 is 0. The van der Waals surface area contributed by atoms with Crippen LogP contribution in [0.3, 0.4) is 0 Å². The molecule has 0 spiro atoms. The first kappa shape index (κ1) is 14.5. The molecule has 5 heteroatoms. The van der Waals surface area contributed by atoms with Crippen LogP contribution in [-0.2, 0) is 4.74 Å². The first-order valence-corrected chi connectivity index (χ1v) is 7.29. The van der Waals surface area contributed by atoms with E-state index in [0.29, 0.717) is 23.3 Å². The second-order valence-corrected chi connectivity index (χ2v) is 5.99. The Morgan fingerprint density at radius 3 is 2.45 bits per heavy atom. The Kier molecular flexibility index (Phi) is 3.56. The molecule has 2 aliphatic rings. The van der Waals surface area contributed by atoms with E-state index in [1.54, 1.807) is 0 Å². The molecule has 3 rings (SSSR count). The molecule has 0 amide bonds. The van der Waals surface area contributed by atoms with Gasteiger partial charge in [0.25, 0.3) is 5.69 Å².